The van der Waals surface area contributed by atoms with Gasteiger partial charge in [-0.1, -0.05) is 30.1 Å². The maximum absolute atomic E-state index is 13.2. The van der Waals surface area contributed by atoms with Gasteiger partial charge in [-0.3, -0.25) is 4.79 Å². The van der Waals surface area contributed by atoms with E-state index in [0.29, 0.717) is 29.3 Å². The number of aromatic nitrogens is 2. The zero-order valence-corrected chi connectivity index (χ0v) is 14.6. The molecule has 2 heterocycles. The van der Waals surface area contributed by atoms with Crippen molar-refractivity contribution in [3.8, 4) is 11.4 Å². The third-order valence-electron chi connectivity index (χ3n) is 5.50. The van der Waals surface area contributed by atoms with Crippen LogP contribution in [0.2, 0.25) is 0 Å². The summed E-state index contributed by atoms with van der Waals surface area (Å²) in [4.78, 5) is 30.8. The Kier molecular flexibility index (Phi) is 4.22. The normalized spacial score (nSPS) is 25.1. The van der Waals surface area contributed by atoms with E-state index in [0.717, 1.165) is 25.7 Å². The summed E-state index contributed by atoms with van der Waals surface area (Å²) in [6.07, 6.45) is 4.58. The fourth-order valence-electron chi connectivity index (χ4n) is 4.33. The van der Waals surface area contributed by atoms with Gasteiger partial charge in [0.1, 0.15) is 6.04 Å². The van der Waals surface area contributed by atoms with Crippen LogP contribution in [0, 0.1) is 12.8 Å². The Morgan fingerprint density at radius 3 is 2.81 bits per heavy atom. The van der Waals surface area contributed by atoms with E-state index in [4.69, 9.17) is 4.52 Å². The smallest absolute Gasteiger partial charge is 0.326 e. The molecule has 2 aliphatic rings. The van der Waals surface area contributed by atoms with Crippen molar-refractivity contribution in [1.29, 1.82) is 0 Å². The molecule has 1 aromatic heterocycles. The minimum atomic E-state index is -0.919. The van der Waals surface area contributed by atoms with Gasteiger partial charge >= 0.3 is 5.97 Å². The number of carbonyl (C=O) groups is 2. The summed E-state index contributed by atoms with van der Waals surface area (Å²) in [5.41, 5.74) is 1.14. The van der Waals surface area contributed by atoms with Crippen molar-refractivity contribution in [3.63, 3.8) is 0 Å². The number of rotatable bonds is 3. The highest BCUT2D eigenvalue weighted by Gasteiger charge is 2.47. The molecular formula is C19H21N3O4. The summed E-state index contributed by atoms with van der Waals surface area (Å²) in [7, 11) is 0. The Bertz CT molecular complexity index is 847. The number of amides is 1. The van der Waals surface area contributed by atoms with Crippen molar-refractivity contribution in [2.24, 2.45) is 5.92 Å². The first-order valence-electron chi connectivity index (χ1n) is 9.01. The number of carboxylic acid groups (broad SMARTS) is 1. The number of aliphatic carboxylic acids is 1. The van der Waals surface area contributed by atoms with E-state index < -0.39 is 12.0 Å². The van der Waals surface area contributed by atoms with Crippen LogP contribution in [0.4, 0.5) is 0 Å². The van der Waals surface area contributed by atoms with Crippen molar-refractivity contribution in [3.05, 3.63) is 35.7 Å². The zero-order chi connectivity index (χ0) is 18.3. The number of hydrogen-bond donors (Lipinski definition) is 1. The quantitative estimate of drug-likeness (QED) is 0.909. The number of carboxylic acids is 1. The second-order valence-corrected chi connectivity index (χ2v) is 7.13. The molecule has 2 aromatic rings. The molecule has 1 aromatic carbocycles. The average Bonchev–Trinajstić information content (AvgIpc) is 3.25. The number of fused-ring (bicyclic) bond motifs is 1. The predicted octanol–water partition coefficient (Wildman–Crippen LogP) is 2.90. The van der Waals surface area contributed by atoms with Gasteiger partial charge in [0.15, 0.2) is 0 Å². The molecule has 1 amide bonds. The topological polar surface area (TPSA) is 96.5 Å². The van der Waals surface area contributed by atoms with Crippen molar-refractivity contribution in [2.75, 3.05) is 0 Å². The number of likely N-dealkylation sites (tertiary alicyclic amines) is 1. The maximum Gasteiger partial charge on any atom is 0.326 e. The van der Waals surface area contributed by atoms with Crippen molar-refractivity contribution < 1.29 is 19.2 Å². The average molecular weight is 355 g/mol. The van der Waals surface area contributed by atoms with E-state index >= 15 is 0 Å². The molecule has 0 unspecified atom stereocenters. The zero-order valence-electron chi connectivity index (χ0n) is 14.6. The van der Waals surface area contributed by atoms with Crippen LogP contribution in [0.3, 0.4) is 0 Å². The van der Waals surface area contributed by atoms with Gasteiger partial charge < -0.3 is 14.5 Å². The standard InChI is InChI=1S/C19H21N3O4/c1-11-20-17(21-26-11)13-6-4-7-14(9-13)18(23)22-15-8-3-2-5-12(15)10-16(22)19(24)25/h4,6-7,9,12,15-16H,2-3,5,8,10H2,1H3,(H,24,25)/t12-,15-,16+/m1/s1. The number of carbonyl (C=O) groups excluding carboxylic acids is 1. The summed E-state index contributed by atoms with van der Waals surface area (Å²) < 4.78 is 5.00. The summed E-state index contributed by atoms with van der Waals surface area (Å²) in [5.74, 6) is 0.0135. The highest BCUT2D eigenvalue weighted by molar-refractivity contribution is 5.98. The van der Waals surface area contributed by atoms with Gasteiger partial charge in [0.2, 0.25) is 11.7 Å². The van der Waals surface area contributed by atoms with Crippen LogP contribution in [-0.4, -0.2) is 44.1 Å². The molecule has 1 aliphatic heterocycles. The number of hydrogen-bond acceptors (Lipinski definition) is 5. The number of benzene rings is 1. The maximum atomic E-state index is 13.2. The molecule has 1 saturated heterocycles. The molecule has 7 heteroatoms. The van der Waals surface area contributed by atoms with Crippen LogP contribution in [0.5, 0.6) is 0 Å². The largest absolute Gasteiger partial charge is 0.480 e. The molecule has 26 heavy (non-hydrogen) atoms. The summed E-state index contributed by atoms with van der Waals surface area (Å²) in [6.45, 7) is 1.70. The van der Waals surface area contributed by atoms with Gasteiger partial charge in [-0.15, -0.1) is 0 Å². The van der Waals surface area contributed by atoms with Crippen LogP contribution in [0.15, 0.2) is 28.8 Å². The predicted molar refractivity (Wildman–Crippen MR) is 92.4 cm³/mol. The monoisotopic (exact) mass is 355 g/mol. The number of aryl methyl sites for hydroxylation is 1. The molecular weight excluding hydrogens is 334 g/mol. The van der Waals surface area contributed by atoms with E-state index in [1.807, 2.05) is 6.07 Å². The van der Waals surface area contributed by atoms with Crippen LogP contribution in [0.25, 0.3) is 11.4 Å². The first kappa shape index (κ1) is 16.8. The van der Waals surface area contributed by atoms with Gasteiger partial charge in [0.25, 0.3) is 5.91 Å². The Balaban J connectivity index is 1.66. The second-order valence-electron chi connectivity index (χ2n) is 7.13. The molecule has 0 spiro atoms. The molecule has 136 valence electrons. The first-order valence-corrected chi connectivity index (χ1v) is 9.01. The van der Waals surface area contributed by atoms with Gasteiger partial charge in [0, 0.05) is 24.1 Å². The van der Waals surface area contributed by atoms with Gasteiger partial charge in [0.05, 0.1) is 0 Å². The SMILES string of the molecule is Cc1nc(-c2cccc(C(=O)N3[C@@H]4CCCC[C@@H]4C[C@H]3C(=O)O)c2)no1. The van der Waals surface area contributed by atoms with E-state index in [1.165, 1.54) is 0 Å². The van der Waals surface area contributed by atoms with Gasteiger partial charge in [-0.25, -0.2) is 4.79 Å². The highest BCUT2D eigenvalue weighted by Crippen LogP contribution is 2.40. The minimum absolute atomic E-state index is 0.0217. The number of nitrogens with zero attached hydrogens (tertiary/aromatic N) is 3. The van der Waals surface area contributed by atoms with E-state index in [2.05, 4.69) is 10.1 Å². The molecule has 1 aliphatic carbocycles. The second kappa shape index (κ2) is 6.55. The van der Waals surface area contributed by atoms with Gasteiger partial charge in [-0.2, -0.15) is 4.98 Å². The molecule has 0 bridgehead atoms. The molecule has 4 rings (SSSR count). The molecule has 1 saturated carbocycles. The molecule has 0 radical (unpaired) electrons. The minimum Gasteiger partial charge on any atom is -0.480 e. The van der Waals surface area contributed by atoms with Gasteiger partial charge in [-0.05, 0) is 37.3 Å². The lowest BCUT2D eigenvalue weighted by Crippen LogP contribution is -2.46. The Hall–Kier alpha value is -2.70. The first-order chi connectivity index (χ1) is 12.5. The molecule has 1 N–H and O–H groups in total. The van der Waals surface area contributed by atoms with Crippen LogP contribution in [0.1, 0.15) is 48.4 Å². The summed E-state index contributed by atoms with van der Waals surface area (Å²) >= 11 is 0. The summed E-state index contributed by atoms with van der Waals surface area (Å²) in [6, 6.07) is 6.28. The van der Waals surface area contributed by atoms with Crippen molar-refractivity contribution >= 4 is 11.9 Å². The molecule has 3 atom stereocenters. The lowest BCUT2D eigenvalue weighted by molar-refractivity contribution is -0.141. The third-order valence-corrected chi connectivity index (χ3v) is 5.50. The van der Waals surface area contributed by atoms with Crippen LogP contribution >= 0.6 is 0 Å². The Morgan fingerprint density at radius 1 is 1.27 bits per heavy atom. The van der Waals surface area contributed by atoms with Crippen molar-refractivity contribution in [2.45, 2.75) is 51.1 Å². The van der Waals surface area contributed by atoms with Crippen LogP contribution < -0.4 is 0 Å². The lowest BCUT2D eigenvalue weighted by atomic mass is 9.84. The summed E-state index contributed by atoms with van der Waals surface area (Å²) in [5, 5.41) is 13.5. The van der Waals surface area contributed by atoms with Crippen molar-refractivity contribution in [1.82, 2.24) is 15.0 Å². The molecule has 2 fully saturated rings. The fourth-order valence-corrected chi connectivity index (χ4v) is 4.33. The highest BCUT2D eigenvalue weighted by atomic mass is 16.5. The van der Waals surface area contributed by atoms with E-state index in [9.17, 15) is 14.7 Å². The molecule has 7 nitrogen and oxygen atoms in total. The Morgan fingerprint density at radius 2 is 2.08 bits per heavy atom. The van der Waals surface area contributed by atoms with Crippen LogP contribution in [-0.2, 0) is 4.79 Å². The van der Waals surface area contributed by atoms with E-state index in [1.54, 1.807) is 30.0 Å². The fraction of sp³-hybridized carbons (Fsp3) is 0.474. The van der Waals surface area contributed by atoms with E-state index in [-0.39, 0.29) is 17.9 Å². The Labute approximate surface area is 151 Å². The lowest BCUT2D eigenvalue weighted by Gasteiger charge is -2.33. The third kappa shape index (κ3) is 2.87.